The Morgan fingerprint density at radius 2 is 1.85 bits per heavy atom. The topological polar surface area (TPSA) is 26.0 Å². The van der Waals surface area contributed by atoms with Gasteiger partial charge in [0.05, 0.1) is 0 Å². The maximum atomic E-state index is 14.3. The quantitative estimate of drug-likeness (QED) is 0.761. The molecular formula is C11H16FN. The Morgan fingerprint density at radius 3 is 2.23 bits per heavy atom. The molecule has 1 aromatic rings. The normalized spacial score (nSPS) is 15.8. The summed E-state index contributed by atoms with van der Waals surface area (Å²) in [6.45, 7) is 3.73. The number of hydrogen-bond acceptors (Lipinski definition) is 1. The van der Waals surface area contributed by atoms with Crippen LogP contribution < -0.4 is 5.73 Å². The molecule has 1 atom stereocenters. The van der Waals surface area contributed by atoms with Gasteiger partial charge >= 0.3 is 0 Å². The predicted molar refractivity (Wildman–Crippen MR) is 53.1 cm³/mol. The zero-order valence-electron chi connectivity index (χ0n) is 8.13. The number of alkyl halides is 1. The van der Waals surface area contributed by atoms with Crippen LogP contribution in [-0.4, -0.2) is 6.54 Å². The van der Waals surface area contributed by atoms with E-state index < -0.39 is 5.67 Å². The first-order valence-corrected chi connectivity index (χ1v) is 4.55. The Kier molecular flexibility index (Phi) is 3.04. The van der Waals surface area contributed by atoms with Gasteiger partial charge in [-0.25, -0.2) is 4.39 Å². The van der Waals surface area contributed by atoms with Crippen molar-refractivity contribution in [1.82, 2.24) is 0 Å². The highest BCUT2D eigenvalue weighted by Gasteiger charge is 2.33. The van der Waals surface area contributed by atoms with Gasteiger partial charge in [-0.15, -0.1) is 0 Å². The summed E-state index contributed by atoms with van der Waals surface area (Å²) in [5.74, 6) is -0.0973. The third kappa shape index (κ3) is 1.89. The summed E-state index contributed by atoms with van der Waals surface area (Å²) in [6, 6.07) is 9.11. The Bertz CT molecular complexity index is 258. The summed E-state index contributed by atoms with van der Waals surface area (Å²) in [4.78, 5) is 0. The van der Waals surface area contributed by atoms with Crippen LogP contribution in [0.5, 0.6) is 0 Å². The Morgan fingerprint density at radius 1 is 1.31 bits per heavy atom. The lowest BCUT2D eigenvalue weighted by atomic mass is 9.85. The molecule has 0 aromatic heterocycles. The van der Waals surface area contributed by atoms with Crippen molar-refractivity contribution in [1.29, 1.82) is 0 Å². The van der Waals surface area contributed by atoms with Gasteiger partial charge in [0.25, 0.3) is 0 Å². The minimum atomic E-state index is -1.39. The zero-order chi connectivity index (χ0) is 9.90. The lowest BCUT2D eigenvalue weighted by molar-refractivity contribution is 0.109. The molecule has 72 valence electrons. The lowest BCUT2D eigenvalue weighted by Gasteiger charge is -2.28. The van der Waals surface area contributed by atoms with Crippen molar-refractivity contribution >= 4 is 0 Å². The first-order valence-electron chi connectivity index (χ1n) is 4.55. The van der Waals surface area contributed by atoms with Gasteiger partial charge < -0.3 is 5.73 Å². The fourth-order valence-electron chi connectivity index (χ4n) is 1.40. The summed E-state index contributed by atoms with van der Waals surface area (Å²) in [7, 11) is 0. The van der Waals surface area contributed by atoms with Gasteiger partial charge in [-0.3, -0.25) is 0 Å². The molecule has 0 saturated carbocycles. The molecule has 0 radical (unpaired) electrons. The van der Waals surface area contributed by atoms with Crippen molar-refractivity contribution in [2.24, 2.45) is 11.7 Å². The monoisotopic (exact) mass is 181 g/mol. The van der Waals surface area contributed by atoms with Crippen molar-refractivity contribution in [3.8, 4) is 0 Å². The van der Waals surface area contributed by atoms with Crippen molar-refractivity contribution in [2.75, 3.05) is 6.54 Å². The largest absolute Gasteiger partial charge is 0.327 e. The van der Waals surface area contributed by atoms with Gasteiger partial charge in [0.15, 0.2) is 0 Å². The summed E-state index contributed by atoms with van der Waals surface area (Å²) in [5.41, 5.74) is 4.75. The Labute approximate surface area is 78.8 Å². The van der Waals surface area contributed by atoms with Crippen molar-refractivity contribution < 1.29 is 4.39 Å². The highest BCUT2D eigenvalue weighted by atomic mass is 19.1. The molecule has 0 heterocycles. The molecule has 1 unspecified atom stereocenters. The van der Waals surface area contributed by atoms with Crippen LogP contribution in [0.2, 0.25) is 0 Å². The molecule has 0 bridgehead atoms. The second kappa shape index (κ2) is 3.88. The lowest BCUT2D eigenvalue weighted by Crippen LogP contribution is -2.35. The van der Waals surface area contributed by atoms with E-state index in [-0.39, 0.29) is 12.5 Å². The SMILES string of the molecule is CC(C)C(F)(CN)c1ccccc1. The summed E-state index contributed by atoms with van der Waals surface area (Å²) in [5, 5.41) is 0. The zero-order valence-corrected chi connectivity index (χ0v) is 8.13. The van der Waals surface area contributed by atoms with E-state index in [1.807, 2.05) is 32.0 Å². The van der Waals surface area contributed by atoms with Gasteiger partial charge in [0.2, 0.25) is 0 Å². The average molecular weight is 181 g/mol. The van der Waals surface area contributed by atoms with E-state index in [2.05, 4.69) is 0 Å². The number of rotatable bonds is 3. The Hall–Kier alpha value is -0.890. The predicted octanol–water partition coefficient (Wildman–Crippen LogP) is 2.47. The highest BCUT2D eigenvalue weighted by Crippen LogP contribution is 2.32. The average Bonchev–Trinajstić information content (AvgIpc) is 2.17. The smallest absolute Gasteiger partial charge is 0.150 e. The maximum Gasteiger partial charge on any atom is 0.150 e. The Balaban J connectivity index is 3.03. The molecule has 2 N–H and O–H groups in total. The van der Waals surface area contributed by atoms with Crippen molar-refractivity contribution in [3.05, 3.63) is 35.9 Å². The molecule has 0 aliphatic heterocycles. The van der Waals surface area contributed by atoms with E-state index in [1.54, 1.807) is 12.1 Å². The van der Waals surface area contributed by atoms with E-state index >= 15 is 0 Å². The highest BCUT2D eigenvalue weighted by molar-refractivity contribution is 5.23. The fourth-order valence-corrected chi connectivity index (χ4v) is 1.40. The van der Waals surface area contributed by atoms with Crippen molar-refractivity contribution in [2.45, 2.75) is 19.5 Å². The molecule has 2 heteroatoms. The van der Waals surface area contributed by atoms with E-state index in [0.29, 0.717) is 5.56 Å². The van der Waals surface area contributed by atoms with Crippen molar-refractivity contribution in [3.63, 3.8) is 0 Å². The molecule has 0 saturated heterocycles. The number of benzene rings is 1. The van der Waals surface area contributed by atoms with E-state index in [4.69, 9.17) is 5.73 Å². The van der Waals surface area contributed by atoms with Gasteiger partial charge in [0.1, 0.15) is 5.67 Å². The van der Waals surface area contributed by atoms with E-state index in [9.17, 15) is 4.39 Å². The molecule has 1 aromatic carbocycles. The minimum Gasteiger partial charge on any atom is -0.327 e. The molecule has 1 nitrogen and oxygen atoms in total. The summed E-state index contributed by atoms with van der Waals surface area (Å²) < 4.78 is 14.3. The van der Waals surface area contributed by atoms with Gasteiger partial charge in [0, 0.05) is 6.54 Å². The van der Waals surface area contributed by atoms with E-state index in [1.165, 1.54) is 0 Å². The minimum absolute atomic E-state index is 0.0364. The van der Waals surface area contributed by atoms with Crippen LogP contribution >= 0.6 is 0 Å². The van der Waals surface area contributed by atoms with Crippen LogP contribution in [0, 0.1) is 5.92 Å². The summed E-state index contributed by atoms with van der Waals surface area (Å²) >= 11 is 0. The van der Waals surface area contributed by atoms with E-state index in [0.717, 1.165) is 0 Å². The third-order valence-electron chi connectivity index (χ3n) is 2.47. The molecule has 0 spiro atoms. The molecular weight excluding hydrogens is 165 g/mol. The fraction of sp³-hybridized carbons (Fsp3) is 0.455. The van der Waals surface area contributed by atoms with Crippen LogP contribution in [0.15, 0.2) is 30.3 Å². The third-order valence-corrected chi connectivity index (χ3v) is 2.47. The molecule has 0 aliphatic rings. The number of halogens is 1. The van der Waals surface area contributed by atoms with Gasteiger partial charge in [-0.05, 0) is 11.5 Å². The molecule has 1 rings (SSSR count). The first-order chi connectivity index (χ1) is 6.11. The number of nitrogens with two attached hydrogens (primary N) is 1. The molecule has 0 fully saturated rings. The van der Waals surface area contributed by atoms with Crippen LogP contribution in [0.3, 0.4) is 0 Å². The van der Waals surface area contributed by atoms with Crippen LogP contribution in [0.25, 0.3) is 0 Å². The molecule has 13 heavy (non-hydrogen) atoms. The first kappa shape index (κ1) is 10.2. The van der Waals surface area contributed by atoms with Crippen LogP contribution in [0.1, 0.15) is 19.4 Å². The van der Waals surface area contributed by atoms with Gasteiger partial charge in [-0.1, -0.05) is 44.2 Å². The number of hydrogen-bond donors (Lipinski definition) is 1. The summed E-state index contributed by atoms with van der Waals surface area (Å²) in [6.07, 6.45) is 0. The van der Waals surface area contributed by atoms with Crippen LogP contribution in [-0.2, 0) is 5.67 Å². The molecule has 0 amide bonds. The molecule has 0 aliphatic carbocycles. The standard InChI is InChI=1S/C11H16FN/c1-9(2)11(12,8-13)10-6-4-3-5-7-10/h3-7,9H,8,13H2,1-2H3. The van der Waals surface area contributed by atoms with Gasteiger partial charge in [-0.2, -0.15) is 0 Å². The maximum absolute atomic E-state index is 14.3. The second-order valence-electron chi connectivity index (χ2n) is 3.59. The second-order valence-corrected chi connectivity index (χ2v) is 3.59. The van der Waals surface area contributed by atoms with Crippen LogP contribution in [0.4, 0.5) is 4.39 Å².